The van der Waals surface area contributed by atoms with E-state index in [1.165, 1.54) is 0 Å². The summed E-state index contributed by atoms with van der Waals surface area (Å²) >= 11 is 6.15. The van der Waals surface area contributed by atoms with Crippen LogP contribution in [-0.4, -0.2) is 10.6 Å². The third-order valence-corrected chi connectivity index (χ3v) is 2.78. The van der Waals surface area contributed by atoms with E-state index in [1.807, 2.05) is 27.7 Å². The minimum absolute atomic E-state index is 0.318. The van der Waals surface area contributed by atoms with Crippen molar-refractivity contribution in [2.75, 3.05) is 0 Å². The molecule has 84 valence electrons. The highest BCUT2D eigenvalue weighted by atomic mass is 35.5. The summed E-state index contributed by atoms with van der Waals surface area (Å²) < 4.78 is 0. The highest BCUT2D eigenvalue weighted by Gasteiger charge is 2.18. The summed E-state index contributed by atoms with van der Waals surface area (Å²) in [6.45, 7) is 7.60. The summed E-state index contributed by atoms with van der Waals surface area (Å²) in [5.41, 5.74) is 8.20. The van der Waals surface area contributed by atoms with Crippen LogP contribution in [0.4, 0.5) is 0 Å². The zero-order valence-electron chi connectivity index (χ0n) is 9.69. The van der Waals surface area contributed by atoms with E-state index in [0.29, 0.717) is 17.2 Å². The Bertz CT molecular complexity index is 380. The fraction of sp³-hybridized carbons (Fsp3) is 0.500. The first-order valence-corrected chi connectivity index (χ1v) is 5.36. The highest BCUT2D eigenvalue weighted by molar-refractivity contribution is 6.31. The third-order valence-electron chi connectivity index (χ3n) is 2.45. The van der Waals surface area contributed by atoms with Crippen LogP contribution >= 0.6 is 11.6 Å². The maximum Gasteiger partial charge on any atom is 0.121 e. The summed E-state index contributed by atoms with van der Waals surface area (Å²) in [4.78, 5) is 0. The molecule has 1 aromatic rings. The number of phenols is 1. The molecule has 0 atom stereocenters. The summed E-state index contributed by atoms with van der Waals surface area (Å²) in [6.07, 6.45) is 0.658. The van der Waals surface area contributed by atoms with Crippen molar-refractivity contribution in [3.8, 4) is 5.75 Å². The number of hydrogen-bond acceptors (Lipinski definition) is 2. The molecule has 1 aromatic carbocycles. The van der Waals surface area contributed by atoms with E-state index in [9.17, 15) is 5.11 Å². The highest BCUT2D eigenvalue weighted by Crippen LogP contribution is 2.32. The molecule has 3 heteroatoms. The molecule has 0 aliphatic rings. The molecule has 0 spiro atoms. The van der Waals surface area contributed by atoms with E-state index in [0.717, 1.165) is 16.7 Å². The summed E-state index contributed by atoms with van der Waals surface area (Å²) in [6, 6.07) is 1.78. The maximum absolute atomic E-state index is 9.81. The number of benzene rings is 1. The van der Waals surface area contributed by atoms with Crippen LogP contribution in [0.3, 0.4) is 0 Å². The van der Waals surface area contributed by atoms with Gasteiger partial charge in [-0.1, -0.05) is 11.6 Å². The normalized spacial score (nSPS) is 11.9. The lowest BCUT2D eigenvalue weighted by molar-refractivity contribution is 0.462. The lowest BCUT2D eigenvalue weighted by Gasteiger charge is -2.21. The first-order chi connectivity index (χ1) is 6.72. The Morgan fingerprint density at radius 2 is 1.93 bits per heavy atom. The lowest BCUT2D eigenvalue weighted by Crippen LogP contribution is -2.34. The molecular formula is C12H18ClNO. The van der Waals surface area contributed by atoms with Crippen molar-refractivity contribution < 1.29 is 5.11 Å². The smallest absolute Gasteiger partial charge is 0.121 e. The largest absolute Gasteiger partial charge is 0.507 e. The number of halogens is 1. The minimum Gasteiger partial charge on any atom is -0.507 e. The van der Waals surface area contributed by atoms with Crippen LogP contribution in [0.15, 0.2) is 6.07 Å². The Hall–Kier alpha value is -0.730. The van der Waals surface area contributed by atoms with Crippen LogP contribution in [0.25, 0.3) is 0 Å². The fourth-order valence-corrected chi connectivity index (χ4v) is 2.01. The standard InChI is InChI=1S/C12H18ClNO/c1-7-5-10(13)9(6-12(3,4)14)8(2)11(7)15/h5,15H,6,14H2,1-4H3. The van der Waals surface area contributed by atoms with Crippen molar-refractivity contribution in [2.45, 2.75) is 39.7 Å². The molecule has 0 fully saturated rings. The molecule has 0 bridgehead atoms. The van der Waals surface area contributed by atoms with Gasteiger partial charge in [0.05, 0.1) is 0 Å². The van der Waals surface area contributed by atoms with E-state index < -0.39 is 0 Å². The maximum atomic E-state index is 9.81. The summed E-state index contributed by atoms with van der Waals surface area (Å²) in [7, 11) is 0. The predicted octanol–water partition coefficient (Wildman–Crippen LogP) is 2.94. The van der Waals surface area contributed by atoms with E-state index in [1.54, 1.807) is 6.07 Å². The van der Waals surface area contributed by atoms with Gasteiger partial charge in [0.2, 0.25) is 0 Å². The van der Waals surface area contributed by atoms with Gasteiger partial charge >= 0.3 is 0 Å². The molecule has 0 radical (unpaired) electrons. The predicted molar refractivity (Wildman–Crippen MR) is 64.6 cm³/mol. The van der Waals surface area contributed by atoms with Crippen LogP contribution in [-0.2, 0) is 6.42 Å². The van der Waals surface area contributed by atoms with Gasteiger partial charge in [-0.15, -0.1) is 0 Å². The zero-order valence-corrected chi connectivity index (χ0v) is 10.4. The Morgan fingerprint density at radius 3 is 2.40 bits per heavy atom. The topological polar surface area (TPSA) is 46.2 Å². The second-order valence-electron chi connectivity index (χ2n) is 4.79. The number of aryl methyl sites for hydroxylation is 1. The average Bonchev–Trinajstić information content (AvgIpc) is 2.07. The molecule has 1 rings (SSSR count). The summed E-state index contributed by atoms with van der Waals surface area (Å²) in [5, 5.41) is 10.5. The average molecular weight is 228 g/mol. The monoisotopic (exact) mass is 227 g/mol. The van der Waals surface area contributed by atoms with Gasteiger partial charge in [-0.3, -0.25) is 0 Å². The number of aromatic hydroxyl groups is 1. The second-order valence-corrected chi connectivity index (χ2v) is 5.20. The quantitative estimate of drug-likeness (QED) is 0.816. The molecule has 0 aromatic heterocycles. The molecule has 0 aliphatic heterocycles. The molecule has 15 heavy (non-hydrogen) atoms. The molecule has 0 unspecified atom stereocenters. The van der Waals surface area contributed by atoms with E-state index in [2.05, 4.69) is 0 Å². The Morgan fingerprint density at radius 1 is 1.40 bits per heavy atom. The Balaban J connectivity index is 3.24. The van der Waals surface area contributed by atoms with Crippen molar-refractivity contribution >= 4 is 11.6 Å². The van der Waals surface area contributed by atoms with Gasteiger partial charge < -0.3 is 10.8 Å². The van der Waals surface area contributed by atoms with Gasteiger partial charge in [0.25, 0.3) is 0 Å². The van der Waals surface area contributed by atoms with Crippen molar-refractivity contribution in [1.29, 1.82) is 0 Å². The van der Waals surface area contributed by atoms with Gasteiger partial charge in [0.15, 0.2) is 0 Å². The van der Waals surface area contributed by atoms with Crippen molar-refractivity contribution in [3.05, 3.63) is 27.8 Å². The second kappa shape index (κ2) is 4.03. The SMILES string of the molecule is Cc1cc(Cl)c(CC(C)(C)N)c(C)c1O. The first-order valence-electron chi connectivity index (χ1n) is 4.99. The Labute approximate surface area is 96.1 Å². The molecule has 2 nitrogen and oxygen atoms in total. The number of phenolic OH excluding ortho intramolecular Hbond substituents is 1. The van der Waals surface area contributed by atoms with E-state index in [-0.39, 0.29) is 5.54 Å². The van der Waals surface area contributed by atoms with Gasteiger partial charge in [0.1, 0.15) is 5.75 Å². The van der Waals surface area contributed by atoms with Crippen molar-refractivity contribution in [2.24, 2.45) is 5.73 Å². The van der Waals surface area contributed by atoms with Gasteiger partial charge in [-0.25, -0.2) is 0 Å². The van der Waals surface area contributed by atoms with Crippen LogP contribution in [0.2, 0.25) is 5.02 Å². The Kier molecular flexibility index (Phi) is 3.31. The molecular weight excluding hydrogens is 210 g/mol. The van der Waals surface area contributed by atoms with Crippen LogP contribution in [0.1, 0.15) is 30.5 Å². The van der Waals surface area contributed by atoms with Gasteiger partial charge in [-0.2, -0.15) is 0 Å². The number of hydrogen-bond donors (Lipinski definition) is 2. The molecule has 0 heterocycles. The number of nitrogens with two attached hydrogens (primary N) is 1. The molecule has 0 saturated carbocycles. The van der Waals surface area contributed by atoms with Gasteiger partial charge in [0, 0.05) is 10.6 Å². The lowest BCUT2D eigenvalue weighted by atomic mass is 9.92. The molecule has 3 N–H and O–H groups in total. The zero-order chi connectivity index (χ0) is 11.8. The van der Waals surface area contributed by atoms with Crippen molar-refractivity contribution in [3.63, 3.8) is 0 Å². The van der Waals surface area contributed by atoms with Crippen LogP contribution < -0.4 is 5.73 Å². The fourth-order valence-electron chi connectivity index (χ4n) is 1.64. The van der Waals surface area contributed by atoms with Gasteiger partial charge in [-0.05, 0) is 56.9 Å². The third kappa shape index (κ3) is 2.86. The molecule has 0 aliphatic carbocycles. The first kappa shape index (κ1) is 12.3. The van der Waals surface area contributed by atoms with Crippen molar-refractivity contribution in [1.82, 2.24) is 0 Å². The van der Waals surface area contributed by atoms with E-state index >= 15 is 0 Å². The minimum atomic E-state index is -0.323. The van der Waals surface area contributed by atoms with E-state index in [4.69, 9.17) is 17.3 Å². The number of rotatable bonds is 2. The van der Waals surface area contributed by atoms with Crippen LogP contribution in [0, 0.1) is 13.8 Å². The summed E-state index contributed by atoms with van der Waals surface area (Å²) in [5.74, 6) is 0.318. The van der Waals surface area contributed by atoms with Crippen LogP contribution in [0.5, 0.6) is 5.75 Å². The molecule has 0 amide bonds. The molecule has 0 saturated heterocycles.